The van der Waals surface area contributed by atoms with E-state index in [-0.39, 0.29) is 24.2 Å². The fraction of sp³-hybridized carbons (Fsp3) is 0.160. The highest BCUT2D eigenvalue weighted by atomic mass is 35.5. The van der Waals surface area contributed by atoms with E-state index in [1.54, 1.807) is 12.1 Å². The van der Waals surface area contributed by atoms with Gasteiger partial charge in [0.15, 0.2) is 6.10 Å². The summed E-state index contributed by atoms with van der Waals surface area (Å²) in [6.45, 7) is 1.48. The number of benzene rings is 3. The van der Waals surface area contributed by atoms with Crippen LogP contribution in [0.1, 0.15) is 17.2 Å². The molecular weight excluding hydrogens is 426 g/mol. The molecule has 164 valence electrons. The molecule has 0 saturated carbocycles. The highest BCUT2D eigenvalue weighted by molar-refractivity contribution is 5.38. The number of nitro groups is 1. The van der Waals surface area contributed by atoms with Gasteiger partial charge in [-0.15, -0.1) is 0 Å². The first-order valence-corrected chi connectivity index (χ1v) is 10.2. The van der Waals surface area contributed by atoms with E-state index in [0.717, 1.165) is 18.5 Å². The van der Waals surface area contributed by atoms with Crippen molar-refractivity contribution in [3.63, 3.8) is 0 Å². The molecule has 0 radical (unpaired) electrons. The highest BCUT2D eigenvalue weighted by Crippen LogP contribution is 2.25. The quantitative estimate of drug-likeness (QED) is 0.222. The Bertz CT molecular complexity index is 1130. The van der Waals surface area contributed by atoms with Gasteiger partial charge in [-0.3, -0.25) is 10.1 Å². The number of aromatic nitrogens is 2. The molecule has 0 fully saturated rings. The van der Waals surface area contributed by atoms with Gasteiger partial charge >= 0.3 is 0 Å². The first kappa shape index (κ1) is 23.0. The van der Waals surface area contributed by atoms with Gasteiger partial charge in [-0.05, 0) is 17.2 Å². The maximum Gasteiger partial charge on any atom is 0.273 e. The Hall–Kier alpha value is -3.64. The molecule has 7 heteroatoms. The second-order valence-corrected chi connectivity index (χ2v) is 7.36. The average molecular weight is 450 g/mol. The first-order valence-electron chi connectivity index (χ1n) is 10.2. The van der Waals surface area contributed by atoms with Gasteiger partial charge in [-0.2, -0.15) is 0 Å². The smallest absolute Gasteiger partial charge is 0.273 e. The van der Waals surface area contributed by atoms with Gasteiger partial charge < -0.3 is 17.1 Å². The molecule has 3 aromatic carbocycles. The van der Waals surface area contributed by atoms with Crippen LogP contribution in [0.15, 0.2) is 104 Å². The van der Waals surface area contributed by atoms with E-state index in [1.807, 2.05) is 42.6 Å². The van der Waals surface area contributed by atoms with Gasteiger partial charge in [-0.25, -0.2) is 9.13 Å². The molecule has 0 amide bonds. The minimum Gasteiger partial charge on any atom is -1.00 e. The minimum absolute atomic E-state index is 0. The van der Waals surface area contributed by atoms with Gasteiger partial charge in [-0.1, -0.05) is 66.7 Å². The first-order chi connectivity index (χ1) is 15.2. The van der Waals surface area contributed by atoms with Crippen LogP contribution in [0.2, 0.25) is 0 Å². The lowest BCUT2D eigenvalue weighted by atomic mass is 10.1. The lowest BCUT2D eigenvalue weighted by Gasteiger charge is -2.18. The number of nitrogens with zero attached hydrogens (tertiary/aromatic N) is 3. The zero-order chi connectivity index (χ0) is 21.5. The Balaban J connectivity index is 0.00000289. The van der Waals surface area contributed by atoms with Crippen LogP contribution >= 0.6 is 0 Å². The molecule has 1 heterocycles. The monoisotopic (exact) mass is 449 g/mol. The summed E-state index contributed by atoms with van der Waals surface area (Å²) in [5, 5.41) is 11.1. The van der Waals surface area contributed by atoms with Crippen molar-refractivity contribution >= 4 is 5.69 Å². The zero-order valence-electron chi connectivity index (χ0n) is 17.5. The van der Waals surface area contributed by atoms with E-state index in [4.69, 9.17) is 4.74 Å². The standard InChI is InChI=1S/C25H24N3O3.ClH/c29-28(30)23-12-7-13-24(18-23)31-25(22-10-5-2-6-11-22)19-27-17-16-26(20-27)15-14-21-8-3-1-4-9-21;/h1-13,16-18,20,25H,14-15,19H2;1H/q+1;/p-1. The maximum absolute atomic E-state index is 11.1. The number of halogens is 1. The fourth-order valence-corrected chi connectivity index (χ4v) is 3.49. The summed E-state index contributed by atoms with van der Waals surface area (Å²) in [6.07, 6.45) is 6.83. The van der Waals surface area contributed by atoms with E-state index >= 15 is 0 Å². The molecule has 0 spiro atoms. The van der Waals surface area contributed by atoms with Crippen molar-refractivity contribution < 1.29 is 26.6 Å². The fourth-order valence-electron chi connectivity index (χ4n) is 3.49. The number of hydrogen-bond acceptors (Lipinski definition) is 3. The third-order valence-electron chi connectivity index (χ3n) is 5.10. The number of imidazole rings is 1. The molecule has 0 aliphatic rings. The summed E-state index contributed by atoms with van der Waals surface area (Å²) in [7, 11) is 0. The molecule has 6 nitrogen and oxygen atoms in total. The summed E-state index contributed by atoms with van der Waals surface area (Å²) in [4.78, 5) is 10.7. The molecule has 32 heavy (non-hydrogen) atoms. The van der Waals surface area contributed by atoms with E-state index in [9.17, 15) is 10.1 Å². The van der Waals surface area contributed by atoms with Crippen LogP contribution in [-0.2, 0) is 19.5 Å². The van der Waals surface area contributed by atoms with Crippen LogP contribution in [0.4, 0.5) is 5.69 Å². The molecule has 4 rings (SSSR count). The van der Waals surface area contributed by atoms with Crippen LogP contribution in [-0.4, -0.2) is 9.49 Å². The normalized spacial score (nSPS) is 11.4. The summed E-state index contributed by atoms with van der Waals surface area (Å²) < 4.78 is 10.4. The number of hydrogen-bond donors (Lipinski definition) is 0. The molecule has 0 saturated heterocycles. The average Bonchev–Trinajstić information content (AvgIpc) is 3.26. The van der Waals surface area contributed by atoms with Crippen molar-refractivity contribution in [3.8, 4) is 5.75 Å². The van der Waals surface area contributed by atoms with Gasteiger partial charge in [0.25, 0.3) is 5.69 Å². The number of aryl methyl sites for hydroxylation is 2. The molecule has 0 bridgehead atoms. The number of rotatable bonds is 9. The molecule has 0 aliphatic heterocycles. The third kappa shape index (κ3) is 6.18. The Morgan fingerprint density at radius 1 is 0.969 bits per heavy atom. The van der Waals surface area contributed by atoms with Gasteiger partial charge in [0, 0.05) is 12.5 Å². The number of non-ortho nitro benzene ring substituents is 1. The summed E-state index contributed by atoms with van der Waals surface area (Å²) >= 11 is 0. The van der Waals surface area contributed by atoms with Crippen LogP contribution in [0.5, 0.6) is 5.75 Å². The Morgan fingerprint density at radius 3 is 2.41 bits per heavy atom. The van der Waals surface area contributed by atoms with Crippen LogP contribution in [0.25, 0.3) is 0 Å². The Kier molecular flexibility index (Phi) is 8.00. The second-order valence-electron chi connectivity index (χ2n) is 7.36. The Labute approximate surface area is 193 Å². The largest absolute Gasteiger partial charge is 1.00 e. The topological polar surface area (TPSA) is 61.2 Å². The highest BCUT2D eigenvalue weighted by Gasteiger charge is 2.19. The summed E-state index contributed by atoms with van der Waals surface area (Å²) in [5.74, 6) is 0.479. The summed E-state index contributed by atoms with van der Waals surface area (Å²) in [6, 6.07) is 26.6. The van der Waals surface area contributed by atoms with Gasteiger partial charge in [0.1, 0.15) is 24.7 Å². The van der Waals surface area contributed by atoms with Crippen LogP contribution < -0.4 is 21.7 Å². The molecule has 1 aromatic heterocycles. The lowest BCUT2D eigenvalue weighted by molar-refractivity contribution is -0.703. The molecule has 1 unspecified atom stereocenters. The van der Waals surface area contributed by atoms with Crippen molar-refractivity contribution in [3.05, 3.63) is 125 Å². The van der Waals surface area contributed by atoms with Crippen molar-refractivity contribution in [1.82, 2.24) is 4.57 Å². The van der Waals surface area contributed by atoms with Crippen molar-refractivity contribution in [1.29, 1.82) is 0 Å². The van der Waals surface area contributed by atoms with Crippen molar-refractivity contribution in [2.75, 3.05) is 0 Å². The maximum atomic E-state index is 11.1. The lowest BCUT2D eigenvalue weighted by Crippen LogP contribution is -3.00. The molecule has 4 aromatic rings. The molecule has 0 aliphatic carbocycles. The molecule has 1 atom stereocenters. The van der Waals surface area contributed by atoms with Gasteiger partial charge in [0.2, 0.25) is 6.33 Å². The van der Waals surface area contributed by atoms with Crippen LogP contribution in [0, 0.1) is 10.1 Å². The van der Waals surface area contributed by atoms with E-state index < -0.39 is 4.92 Å². The van der Waals surface area contributed by atoms with Gasteiger partial charge in [0.05, 0.1) is 17.5 Å². The number of nitro benzene ring substituents is 1. The van der Waals surface area contributed by atoms with E-state index in [2.05, 4.69) is 45.9 Å². The molecular formula is C25H24ClN3O3. The third-order valence-corrected chi connectivity index (χ3v) is 5.10. The minimum atomic E-state index is -0.411. The predicted molar refractivity (Wildman–Crippen MR) is 118 cm³/mol. The van der Waals surface area contributed by atoms with Crippen molar-refractivity contribution in [2.24, 2.45) is 0 Å². The van der Waals surface area contributed by atoms with Crippen LogP contribution in [0.3, 0.4) is 0 Å². The Morgan fingerprint density at radius 2 is 1.69 bits per heavy atom. The van der Waals surface area contributed by atoms with E-state index in [0.29, 0.717) is 12.3 Å². The zero-order valence-corrected chi connectivity index (χ0v) is 18.2. The SMILES string of the molecule is O=[N+]([O-])c1cccc(OC(C[n+]2ccn(CCc3ccccc3)c2)c2ccccc2)c1.[Cl-]. The second kappa shape index (κ2) is 11.1. The van der Waals surface area contributed by atoms with E-state index in [1.165, 1.54) is 17.7 Å². The predicted octanol–water partition coefficient (Wildman–Crippen LogP) is 1.75. The van der Waals surface area contributed by atoms with Crippen molar-refractivity contribution in [2.45, 2.75) is 25.6 Å². The number of ether oxygens (including phenoxy) is 1. The summed E-state index contributed by atoms with van der Waals surface area (Å²) in [5.41, 5.74) is 2.33. The molecule has 0 N–H and O–H groups in total.